The van der Waals surface area contributed by atoms with Gasteiger partial charge in [-0.3, -0.25) is 5.10 Å². The maximum Gasteiger partial charge on any atom is 0.358 e. The zero-order chi connectivity index (χ0) is 10.3. The molecular weight excluding hydrogens is 236 g/mol. The lowest BCUT2D eigenvalue weighted by molar-refractivity contribution is 0.0519. The predicted octanol–water partition coefficient (Wildman–Crippen LogP) is 2.38. The van der Waals surface area contributed by atoms with Gasteiger partial charge in [0, 0.05) is 6.07 Å². The molecule has 13 heavy (non-hydrogen) atoms. The third-order valence-electron chi connectivity index (χ3n) is 1.03. The molecule has 0 bridgehead atoms. The Bertz CT molecular complexity index is 260. The van der Waals surface area contributed by atoms with Gasteiger partial charge in [0.25, 0.3) is 0 Å². The Balaban J connectivity index is 0.000000671. The van der Waals surface area contributed by atoms with Gasteiger partial charge >= 0.3 is 5.97 Å². The zero-order valence-corrected chi connectivity index (χ0v) is 9.51. The van der Waals surface area contributed by atoms with Crippen LogP contribution >= 0.6 is 15.9 Å². The average Bonchev–Trinajstić information content (AvgIpc) is 2.56. The van der Waals surface area contributed by atoms with Crippen LogP contribution in [0.1, 0.15) is 31.3 Å². The fourth-order valence-electron chi connectivity index (χ4n) is 0.608. The molecule has 1 N–H and O–H groups in total. The number of hydrogen-bond donors (Lipinski definition) is 1. The number of esters is 1. The maximum absolute atomic E-state index is 10.9. The first-order valence-electron chi connectivity index (χ1n) is 4.12. The van der Waals surface area contributed by atoms with Crippen molar-refractivity contribution in [2.24, 2.45) is 0 Å². The van der Waals surface area contributed by atoms with E-state index in [-0.39, 0.29) is 0 Å². The summed E-state index contributed by atoms with van der Waals surface area (Å²) >= 11 is 3.13. The lowest BCUT2D eigenvalue weighted by Crippen LogP contribution is -2.04. The van der Waals surface area contributed by atoms with E-state index in [0.29, 0.717) is 16.9 Å². The van der Waals surface area contributed by atoms with Crippen LogP contribution in [-0.2, 0) is 4.74 Å². The van der Waals surface area contributed by atoms with E-state index in [0.717, 1.165) is 0 Å². The number of carbonyl (C=O) groups excluding carboxylic acids is 1. The van der Waals surface area contributed by atoms with Gasteiger partial charge < -0.3 is 4.74 Å². The Labute approximate surface area is 85.8 Å². The van der Waals surface area contributed by atoms with E-state index in [4.69, 9.17) is 4.74 Å². The van der Waals surface area contributed by atoms with Crippen molar-refractivity contribution in [3.8, 4) is 0 Å². The molecule has 0 saturated carbocycles. The summed E-state index contributed by atoms with van der Waals surface area (Å²) in [4.78, 5) is 10.9. The highest BCUT2D eigenvalue weighted by Crippen LogP contribution is 2.07. The van der Waals surface area contributed by atoms with Gasteiger partial charge in [0.05, 0.1) is 6.61 Å². The van der Waals surface area contributed by atoms with Crippen LogP contribution in [0, 0.1) is 0 Å². The van der Waals surface area contributed by atoms with Crippen molar-refractivity contribution in [1.82, 2.24) is 10.2 Å². The smallest absolute Gasteiger partial charge is 0.358 e. The molecule has 74 valence electrons. The molecule has 0 radical (unpaired) electrons. The van der Waals surface area contributed by atoms with E-state index in [1.807, 2.05) is 13.8 Å². The fourth-order valence-corrected chi connectivity index (χ4v) is 0.913. The molecule has 0 atom stereocenters. The van der Waals surface area contributed by atoms with E-state index in [1.165, 1.54) is 0 Å². The molecule has 0 aliphatic heterocycles. The van der Waals surface area contributed by atoms with Gasteiger partial charge in [0.15, 0.2) is 5.69 Å². The predicted molar refractivity (Wildman–Crippen MR) is 53.6 cm³/mol. The summed E-state index contributed by atoms with van der Waals surface area (Å²) in [5.74, 6) is -0.408. The minimum atomic E-state index is -0.408. The summed E-state index contributed by atoms with van der Waals surface area (Å²) in [5.41, 5.74) is 0.290. The van der Waals surface area contributed by atoms with Gasteiger partial charge in [-0.1, -0.05) is 13.8 Å². The summed E-state index contributed by atoms with van der Waals surface area (Å²) in [7, 11) is 0. The second kappa shape index (κ2) is 6.65. The third-order valence-corrected chi connectivity index (χ3v) is 1.44. The highest BCUT2D eigenvalue weighted by atomic mass is 79.9. The second-order valence-corrected chi connectivity index (χ2v) is 2.68. The first kappa shape index (κ1) is 12.2. The highest BCUT2D eigenvalue weighted by Gasteiger charge is 2.09. The monoisotopic (exact) mass is 248 g/mol. The van der Waals surface area contributed by atoms with Crippen molar-refractivity contribution in [2.45, 2.75) is 20.8 Å². The first-order valence-corrected chi connectivity index (χ1v) is 4.91. The molecule has 1 heterocycles. The van der Waals surface area contributed by atoms with E-state index < -0.39 is 5.97 Å². The lowest BCUT2D eigenvalue weighted by atomic mass is 10.4. The fraction of sp³-hybridized carbons (Fsp3) is 0.500. The number of H-pyrrole nitrogens is 1. The highest BCUT2D eigenvalue weighted by molar-refractivity contribution is 9.10. The minimum Gasteiger partial charge on any atom is -0.461 e. The van der Waals surface area contributed by atoms with Gasteiger partial charge in [0.2, 0.25) is 0 Å². The Morgan fingerprint density at radius 2 is 2.31 bits per heavy atom. The zero-order valence-electron chi connectivity index (χ0n) is 7.93. The van der Waals surface area contributed by atoms with Gasteiger partial charge in [-0.05, 0) is 22.9 Å². The van der Waals surface area contributed by atoms with Crippen molar-refractivity contribution in [3.05, 3.63) is 16.4 Å². The normalized spacial score (nSPS) is 8.62. The third kappa shape index (κ3) is 4.07. The minimum absolute atomic E-state index is 0.290. The van der Waals surface area contributed by atoms with Gasteiger partial charge in [-0.15, -0.1) is 0 Å². The van der Waals surface area contributed by atoms with Gasteiger partial charge in [-0.2, -0.15) is 5.10 Å². The molecule has 0 unspecified atom stereocenters. The van der Waals surface area contributed by atoms with Crippen LogP contribution in [0.4, 0.5) is 0 Å². The second-order valence-electron chi connectivity index (χ2n) is 1.82. The molecule has 0 saturated heterocycles. The lowest BCUT2D eigenvalue weighted by Gasteiger charge is -1.94. The maximum atomic E-state index is 10.9. The number of halogens is 1. The van der Waals surface area contributed by atoms with Crippen molar-refractivity contribution in [1.29, 1.82) is 0 Å². The van der Waals surface area contributed by atoms with Crippen LogP contribution < -0.4 is 0 Å². The van der Waals surface area contributed by atoms with Crippen molar-refractivity contribution < 1.29 is 9.53 Å². The summed E-state index contributed by atoms with van der Waals surface area (Å²) < 4.78 is 5.37. The largest absolute Gasteiger partial charge is 0.461 e. The number of rotatable bonds is 2. The number of hydrogen-bond acceptors (Lipinski definition) is 3. The van der Waals surface area contributed by atoms with E-state index in [2.05, 4.69) is 26.1 Å². The molecular formula is C8H13BrN2O2. The van der Waals surface area contributed by atoms with E-state index in [1.54, 1.807) is 13.0 Å². The Morgan fingerprint density at radius 1 is 1.69 bits per heavy atom. The Morgan fingerprint density at radius 3 is 2.69 bits per heavy atom. The number of aromatic amines is 1. The topological polar surface area (TPSA) is 55.0 Å². The van der Waals surface area contributed by atoms with Crippen LogP contribution in [-0.4, -0.2) is 22.8 Å². The number of nitrogens with one attached hydrogen (secondary N) is 1. The van der Waals surface area contributed by atoms with Gasteiger partial charge in [-0.25, -0.2) is 4.79 Å². The molecule has 0 spiro atoms. The van der Waals surface area contributed by atoms with Crippen LogP contribution in [0.3, 0.4) is 0 Å². The number of aromatic nitrogens is 2. The first-order chi connectivity index (χ1) is 6.24. The summed E-state index contributed by atoms with van der Waals surface area (Å²) in [5, 5.41) is 6.26. The molecule has 0 fully saturated rings. The van der Waals surface area contributed by atoms with Crippen molar-refractivity contribution >= 4 is 21.9 Å². The van der Waals surface area contributed by atoms with Gasteiger partial charge in [0.1, 0.15) is 4.60 Å². The molecule has 4 nitrogen and oxygen atoms in total. The average molecular weight is 249 g/mol. The Kier molecular flexibility index (Phi) is 6.22. The number of carbonyl (C=O) groups is 1. The summed E-state index contributed by atoms with van der Waals surface area (Å²) in [6.45, 7) is 6.11. The molecule has 0 aliphatic rings. The molecule has 0 amide bonds. The van der Waals surface area contributed by atoms with Crippen molar-refractivity contribution in [2.75, 3.05) is 6.61 Å². The van der Waals surface area contributed by atoms with Crippen LogP contribution in [0.15, 0.2) is 10.7 Å². The molecule has 0 aromatic carbocycles. The van der Waals surface area contributed by atoms with Crippen LogP contribution in [0.2, 0.25) is 0 Å². The van der Waals surface area contributed by atoms with Crippen molar-refractivity contribution in [3.63, 3.8) is 0 Å². The molecule has 0 aliphatic carbocycles. The summed E-state index contributed by atoms with van der Waals surface area (Å²) in [6.07, 6.45) is 0. The standard InChI is InChI=1S/C6H7BrN2O2.C2H6/c1-2-11-6(10)4-3-5(7)9-8-4;1-2/h3H,2H2,1H3,(H,8,9);1-2H3. The SMILES string of the molecule is CC.CCOC(=O)c1cc(Br)[nH]n1. The number of ether oxygens (including phenoxy) is 1. The molecule has 1 aromatic rings. The van der Waals surface area contributed by atoms with E-state index in [9.17, 15) is 4.79 Å². The molecule has 5 heteroatoms. The molecule has 1 rings (SSSR count). The molecule has 1 aromatic heterocycles. The number of nitrogens with zero attached hydrogens (tertiary/aromatic N) is 1. The van der Waals surface area contributed by atoms with Crippen LogP contribution in [0.5, 0.6) is 0 Å². The van der Waals surface area contributed by atoms with E-state index >= 15 is 0 Å². The Hall–Kier alpha value is -0.840. The summed E-state index contributed by atoms with van der Waals surface area (Å²) in [6, 6.07) is 1.57. The van der Waals surface area contributed by atoms with Crippen LogP contribution in [0.25, 0.3) is 0 Å². The quantitative estimate of drug-likeness (QED) is 0.818.